The number of hydrogen-bond donors (Lipinski definition) is 2. The van der Waals surface area contributed by atoms with Gasteiger partial charge in [0.25, 0.3) is 5.56 Å². The van der Waals surface area contributed by atoms with Crippen molar-refractivity contribution < 1.29 is 14.3 Å². The van der Waals surface area contributed by atoms with Crippen molar-refractivity contribution >= 4 is 29.5 Å². The molecule has 9 heteroatoms. The fraction of sp³-hybridized carbons (Fsp3) is 0.111. The molecule has 0 spiro atoms. The normalized spacial score (nSPS) is 10.7. The van der Waals surface area contributed by atoms with Gasteiger partial charge in [-0.05, 0) is 42.1 Å². The maximum atomic E-state index is 12.1. The molecule has 0 amide bonds. The zero-order valence-electron chi connectivity index (χ0n) is 14.6. The molecule has 3 aromatic rings. The third-order valence-corrected chi connectivity index (χ3v) is 4.22. The highest BCUT2D eigenvalue weighted by atomic mass is 32.1. The van der Waals surface area contributed by atoms with Gasteiger partial charge in [-0.2, -0.15) is 5.10 Å². The lowest BCUT2D eigenvalue weighted by Gasteiger charge is -2.09. The van der Waals surface area contributed by atoms with Gasteiger partial charge < -0.3 is 9.47 Å². The van der Waals surface area contributed by atoms with Crippen molar-refractivity contribution in [1.29, 1.82) is 0 Å². The number of aromatic amines is 1. The van der Waals surface area contributed by atoms with E-state index in [1.54, 1.807) is 42.6 Å². The minimum Gasteiger partial charge on any atom is -0.493 e. The number of ether oxygens (including phenoxy) is 2. The highest BCUT2D eigenvalue weighted by Gasteiger charge is 2.13. The van der Waals surface area contributed by atoms with E-state index >= 15 is 0 Å². The number of hydrogen-bond acceptors (Lipinski definition) is 8. The van der Waals surface area contributed by atoms with Gasteiger partial charge in [-0.1, -0.05) is 6.07 Å². The van der Waals surface area contributed by atoms with E-state index in [-0.39, 0.29) is 11.5 Å². The van der Waals surface area contributed by atoms with Crippen molar-refractivity contribution in [3.05, 3.63) is 68.3 Å². The lowest BCUT2D eigenvalue weighted by molar-refractivity contribution is 0.0735. The number of aromatic nitrogens is 2. The molecule has 0 saturated carbocycles. The Balaban J connectivity index is 1.71. The van der Waals surface area contributed by atoms with Crippen molar-refractivity contribution in [3.63, 3.8) is 0 Å². The van der Waals surface area contributed by atoms with E-state index in [9.17, 15) is 9.59 Å². The Morgan fingerprint density at radius 3 is 2.85 bits per heavy atom. The smallest absolute Gasteiger partial charge is 0.353 e. The molecule has 0 unspecified atom stereocenters. The summed E-state index contributed by atoms with van der Waals surface area (Å²) in [7, 11) is 1.48. The van der Waals surface area contributed by atoms with Crippen molar-refractivity contribution in [1.82, 2.24) is 9.97 Å². The number of esters is 1. The molecule has 1 aromatic carbocycles. The maximum absolute atomic E-state index is 12.1. The lowest BCUT2D eigenvalue weighted by Crippen LogP contribution is -2.10. The Hall–Kier alpha value is -3.46. The third kappa shape index (κ3) is 4.79. The summed E-state index contributed by atoms with van der Waals surface area (Å²) in [5, 5.41) is 5.83. The second-order valence-electron chi connectivity index (χ2n) is 5.38. The van der Waals surface area contributed by atoms with E-state index in [0.29, 0.717) is 27.6 Å². The summed E-state index contributed by atoms with van der Waals surface area (Å²) in [6.07, 6.45) is 1.52. The van der Waals surface area contributed by atoms with Gasteiger partial charge in [-0.3, -0.25) is 9.78 Å². The number of thiophene rings is 1. The van der Waals surface area contributed by atoms with E-state index in [1.807, 2.05) is 0 Å². The number of aryl methyl sites for hydroxylation is 1. The summed E-state index contributed by atoms with van der Waals surface area (Å²) in [6.45, 7) is 1.71. The molecule has 0 radical (unpaired) electrons. The van der Waals surface area contributed by atoms with Crippen LogP contribution in [0.15, 0.2) is 51.7 Å². The highest BCUT2D eigenvalue weighted by molar-refractivity contribution is 7.12. The van der Waals surface area contributed by atoms with E-state index in [2.05, 4.69) is 20.5 Å². The van der Waals surface area contributed by atoms with Crippen LogP contribution in [0.3, 0.4) is 0 Å². The molecule has 0 saturated heterocycles. The summed E-state index contributed by atoms with van der Waals surface area (Å²) < 4.78 is 10.7. The second-order valence-corrected chi connectivity index (χ2v) is 6.33. The number of H-pyrrole nitrogens is 1. The van der Waals surface area contributed by atoms with Gasteiger partial charge in [0.05, 0.1) is 13.3 Å². The molecule has 3 rings (SSSR count). The van der Waals surface area contributed by atoms with Crippen LogP contribution in [0, 0.1) is 6.92 Å². The largest absolute Gasteiger partial charge is 0.493 e. The van der Waals surface area contributed by atoms with Crippen LogP contribution in [0.25, 0.3) is 0 Å². The number of hydrazone groups is 1. The molecule has 0 aliphatic carbocycles. The molecule has 0 aliphatic rings. The van der Waals surface area contributed by atoms with Gasteiger partial charge in [-0.25, -0.2) is 15.2 Å². The number of nitrogens with zero attached hydrogens (tertiary/aromatic N) is 2. The van der Waals surface area contributed by atoms with E-state index in [1.165, 1.54) is 30.7 Å². The molecule has 0 aliphatic heterocycles. The Morgan fingerprint density at radius 2 is 2.15 bits per heavy atom. The summed E-state index contributed by atoms with van der Waals surface area (Å²) in [5.74, 6) is 0.502. The quantitative estimate of drug-likeness (QED) is 0.293. The molecule has 8 nitrogen and oxygen atoms in total. The molecular weight excluding hydrogens is 368 g/mol. The van der Waals surface area contributed by atoms with Crippen LogP contribution in [-0.2, 0) is 0 Å². The first-order valence-electron chi connectivity index (χ1n) is 7.86. The predicted molar refractivity (Wildman–Crippen MR) is 103 cm³/mol. The van der Waals surface area contributed by atoms with Crippen LogP contribution in [0.2, 0.25) is 0 Å². The Bertz CT molecular complexity index is 1030. The number of methoxy groups -OCH3 is 1. The molecule has 2 aromatic heterocycles. The van der Waals surface area contributed by atoms with Gasteiger partial charge in [0.2, 0.25) is 5.95 Å². The topological polar surface area (TPSA) is 106 Å². The molecule has 0 fully saturated rings. The van der Waals surface area contributed by atoms with Crippen LogP contribution < -0.4 is 20.5 Å². The van der Waals surface area contributed by atoms with Crippen LogP contribution in [-0.4, -0.2) is 29.3 Å². The van der Waals surface area contributed by atoms with Crippen molar-refractivity contribution in [2.45, 2.75) is 6.92 Å². The summed E-state index contributed by atoms with van der Waals surface area (Å²) in [4.78, 5) is 30.6. The van der Waals surface area contributed by atoms with Gasteiger partial charge >= 0.3 is 5.97 Å². The SMILES string of the molecule is COc1cc(/C=N/Nc2nc(C)cc(=O)[nH]2)ccc1OC(=O)c1cccs1. The van der Waals surface area contributed by atoms with Crippen LogP contribution in [0.5, 0.6) is 11.5 Å². The molecule has 0 atom stereocenters. The van der Waals surface area contributed by atoms with Crippen molar-refractivity contribution in [2.24, 2.45) is 5.10 Å². The van der Waals surface area contributed by atoms with Gasteiger partial charge in [0.15, 0.2) is 11.5 Å². The molecule has 2 N–H and O–H groups in total. The lowest BCUT2D eigenvalue weighted by atomic mass is 10.2. The minimum absolute atomic E-state index is 0.240. The first kappa shape index (κ1) is 18.3. The number of carbonyl (C=O) groups is 1. The minimum atomic E-state index is -0.444. The number of nitrogens with one attached hydrogen (secondary N) is 2. The van der Waals surface area contributed by atoms with Gasteiger partial charge in [0, 0.05) is 11.8 Å². The van der Waals surface area contributed by atoms with Gasteiger partial charge in [-0.15, -0.1) is 11.3 Å². The number of benzene rings is 1. The molecule has 2 heterocycles. The van der Waals surface area contributed by atoms with Crippen LogP contribution in [0.4, 0.5) is 5.95 Å². The zero-order chi connectivity index (χ0) is 19.2. The van der Waals surface area contributed by atoms with E-state index in [0.717, 1.165) is 0 Å². The Kier molecular flexibility index (Phi) is 5.62. The predicted octanol–water partition coefficient (Wildman–Crippen LogP) is 2.81. The highest BCUT2D eigenvalue weighted by Crippen LogP contribution is 2.28. The van der Waals surface area contributed by atoms with E-state index in [4.69, 9.17) is 9.47 Å². The number of anilines is 1. The average molecular weight is 384 g/mol. The molecule has 27 heavy (non-hydrogen) atoms. The maximum Gasteiger partial charge on any atom is 0.353 e. The fourth-order valence-corrected chi connectivity index (χ4v) is 2.79. The first-order valence-corrected chi connectivity index (χ1v) is 8.74. The van der Waals surface area contributed by atoms with Gasteiger partial charge in [0.1, 0.15) is 4.88 Å². The Labute approximate surface area is 158 Å². The molecule has 0 bridgehead atoms. The van der Waals surface area contributed by atoms with Crippen LogP contribution >= 0.6 is 11.3 Å². The molecular formula is C18H16N4O4S. The monoisotopic (exact) mass is 384 g/mol. The summed E-state index contributed by atoms with van der Waals surface area (Å²) >= 11 is 1.30. The van der Waals surface area contributed by atoms with Crippen LogP contribution in [0.1, 0.15) is 20.9 Å². The zero-order valence-corrected chi connectivity index (χ0v) is 15.4. The standard InChI is InChI=1S/C18H16N4O4S/c1-11-8-16(23)21-18(20-11)22-19-10-12-5-6-13(14(9-12)25-2)26-17(24)15-4-3-7-27-15/h3-10H,1-2H3,(H2,20,21,22,23)/b19-10+. The Morgan fingerprint density at radius 1 is 1.30 bits per heavy atom. The number of carbonyl (C=O) groups excluding carboxylic acids is 1. The summed E-state index contributed by atoms with van der Waals surface area (Å²) in [5.41, 5.74) is 3.67. The second kappa shape index (κ2) is 8.28. The number of rotatable bonds is 6. The fourth-order valence-electron chi connectivity index (χ4n) is 2.19. The van der Waals surface area contributed by atoms with Crippen molar-refractivity contribution in [3.8, 4) is 11.5 Å². The third-order valence-electron chi connectivity index (χ3n) is 3.37. The van der Waals surface area contributed by atoms with Crippen molar-refractivity contribution in [2.75, 3.05) is 12.5 Å². The molecule has 138 valence electrons. The summed E-state index contributed by atoms with van der Waals surface area (Å²) in [6, 6.07) is 9.87. The van der Waals surface area contributed by atoms with E-state index < -0.39 is 5.97 Å². The average Bonchev–Trinajstić information content (AvgIpc) is 3.17. The first-order chi connectivity index (χ1) is 13.0.